The van der Waals surface area contributed by atoms with Crippen molar-refractivity contribution < 1.29 is 8.42 Å². The molecule has 0 fully saturated rings. The molecule has 0 atom stereocenters. The SMILES string of the molecule is N#Cc1c(-c2ccc(Cl)cc2)cn(-c2ccc(S(N)(=O)=O)cc2)c1N. The first-order chi connectivity index (χ1) is 11.8. The number of anilines is 1. The van der Waals surface area contributed by atoms with Crippen LogP contribution in [0.5, 0.6) is 0 Å². The Bertz CT molecular complexity index is 1080. The summed E-state index contributed by atoms with van der Waals surface area (Å²) in [5, 5.41) is 15.2. The van der Waals surface area contributed by atoms with E-state index >= 15 is 0 Å². The first-order valence-corrected chi connectivity index (χ1v) is 9.04. The molecule has 0 radical (unpaired) electrons. The summed E-state index contributed by atoms with van der Waals surface area (Å²) >= 11 is 5.90. The fraction of sp³-hybridized carbons (Fsp3) is 0. The van der Waals surface area contributed by atoms with Crippen molar-refractivity contribution in [1.82, 2.24) is 4.57 Å². The van der Waals surface area contributed by atoms with Gasteiger partial charge in [0, 0.05) is 22.5 Å². The monoisotopic (exact) mass is 372 g/mol. The topological polar surface area (TPSA) is 115 Å². The molecule has 0 saturated heterocycles. The molecule has 2 aromatic carbocycles. The summed E-state index contributed by atoms with van der Waals surface area (Å²) in [4.78, 5) is 0.000379. The number of sulfonamides is 1. The van der Waals surface area contributed by atoms with Crippen LogP contribution in [-0.4, -0.2) is 13.0 Å². The first kappa shape index (κ1) is 17.0. The number of nitrogens with zero attached hydrogens (tertiary/aromatic N) is 2. The lowest BCUT2D eigenvalue weighted by molar-refractivity contribution is 0.598. The highest BCUT2D eigenvalue weighted by Gasteiger charge is 2.16. The number of aromatic nitrogens is 1. The number of nitrogens with two attached hydrogens (primary N) is 2. The van der Waals surface area contributed by atoms with E-state index < -0.39 is 10.0 Å². The molecule has 25 heavy (non-hydrogen) atoms. The molecule has 0 aliphatic heterocycles. The number of nitriles is 1. The van der Waals surface area contributed by atoms with E-state index in [1.165, 1.54) is 12.1 Å². The lowest BCUT2D eigenvalue weighted by atomic mass is 10.1. The number of benzene rings is 2. The van der Waals surface area contributed by atoms with Crippen molar-refractivity contribution >= 4 is 27.4 Å². The van der Waals surface area contributed by atoms with Crippen molar-refractivity contribution in [2.24, 2.45) is 5.14 Å². The minimum absolute atomic E-state index is 0.000379. The van der Waals surface area contributed by atoms with Crippen molar-refractivity contribution in [3.05, 3.63) is 65.3 Å². The van der Waals surface area contributed by atoms with E-state index in [0.717, 1.165) is 5.56 Å². The smallest absolute Gasteiger partial charge is 0.238 e. The maximum absolute atomic E-state index is 11.4. The molecule has 0 bridgehead atoms. The zero-order valence-electron chi connectivity index (χ0n) is 12.8. The Morgan fingerprint density at radius 1 is 1.04 bits per heavy atom. The Morgan fingerprint density at radius 2 is 1.64 bits per heavy atom. The molecule has 1 aromatic heterocycles. The third-order valence-corrected chi connectivity index (χ3v) is 4.93. The molecular weight excluding hydrogens is 360 g/mol. The maximum Gasteiger partial charge on any atom is 0.238 e. The summed E-state index contributed by atoms with van der Waals surface area (Å²) < 4.78 is 24.3. The lowest BCUT2D eigenvalue weighted by Crippen LogP contribution is -2.12. The maximum atomic E-state index is 11.4. The summed E-state index contributed by atoms with van der Waals surface area (Å²) in [6.07, 6.45) is 1.73. The molecule has 126 valence electrons. The fourth-order valence-electron chi connectivity index (χ4n) is 2.50. The molecule has 0 unspecified atom stereocenters. The van der Waals surface area contributed by atoms with Crippen LogP contribution in [0.4, 0.5) is 5.82 Å². The van der Waals surface area contributed by atoms with Crippen LogP contribution in [0.15, 0.2) is 59.6 Å². The second kappa shape index (κ2) is 6.26. The number of hydrogen-bond acceptors (Lipinski definition) is 4. The van der Waals surface area contributed by atoms with Crippen molar-refractivity contribution in [2.75, 3.05) is 5.73 Å². The minimum Gasteiger partial charge on any atom is -0.384 e. The number of primary sulfonamides is 1. The Kier molecular flexibility index (Phi) is 4.27. The first-order valence-electron chi connectivity index (χ1n) is 7.11. The van der Waals surface area contributed by atoms with E-state index in [0.29, 0.717) is 21.8 Å². The third-order valence-electron chi connectivity index (χ3n) is 3.75. The molecule has 8 heteroatoms. The molecule has 3 aromatic rings. The van der Waals surface area contributed by atoms with Crippen LogP contribution in [0.3, 0.4) is 0 Å². The van der Waals surface area contributed by atoms with E-state index in [9.17, 15) is 13.7 Å². The van der Waals surface area contributed by atoms with Gasteiger partial charge in [-0.3, -0.25) is 0 Å². The standard InChI is InChI=1S/C17H13ClN4O2S/c18-12-3-1-11(2-4-12)16-10-22(17(20)15(16)9-19)13-5-7-14(8-6-13)25(21,23)24/h1-8,10H,20H2,(H2,21,23,24). The largest absolute Gasteiger partial charge is 0.384 e. The Morgan fingerprint density at radius 3 is 2.16 bits per heavy atom. The third kappa shape index (κ3) is 3.23. The van der Waals surface area contributed by atoms with Gasteiger partial charge >= 0.3 is 0 Å². The zero-order valence-corrected chi connectivity index (χ0v) is 14.4. The number of rotatable bonds is 3. The van der Waals surface area contributed by atoms with Gasteiger partial charge in [0.2, 0.25) is 10.0 Å². The number of nitrogen functional groups attached to an aromatic ring is 1. The average molecular weight is 373 g/mol. The molecule has 0 amide bonds. The predicted octanol–water partition coefficient (Wildman–Crippen LogP) is 2.90. The van der Waals surface area contributed by atoms with E-state index in [2.05, 4.69) is 6.07 Å². The molecule has 0 aliphatic rings. The Hall–Kier alpha value is -2.79. The van der Waals surface area contributed by atoms with Crippen LogP contribution in [0.1, 0.15) is 5.56 Å². The Labute approximate surface area is 149 Å². The van der Waals surface area contributed by atoms with Crippen molar-refractivity contribution in [3.8, 4) is 22.9 Å². The quantitative estimate of drug-likeness (QED) is 0.735. The van der Waals surface area contributed by atoms with Crippen LogP contribution >= 0.6 is 11.6 Å². The second-order valence-electron chi connectivity index (χ2n) is 5.33. The lowest BCUT2D eigenvalue weighted by Gasteiger charge is -2.06. The highest BCUT2D eigenvalue weighted by molar-refractivity contribution is 7.89. The van der Waals surface area contributed by atoms with Crippen LogP contribution in [-0.2, 0) is 10.0 Å². The van der Waals surface area contributed by atoms with Gasteiger partial charge in [0.15, 0.2) is 0 Å². The molecule has 0 saturated carbocycles. The summed E-state index contributed by atoms with van der Waals surface area (Å²) in [6, 6.07) is 15.1. The van der Waals surface area contributed by atoms with Crippen molar-refractivity contribution in [2.45, 2.75) is 4.90 Å². The van der Waals surface area contributed by atoms with E-state index in [1.54, 1.807) is 47.2 Å². The van der Waals surface area contributed by atoms with Crippen molar-refractivity contribution in [3.63, 3.8) is 0 Å². The fourth-order valence-corrected chi connectivity index (χ4v) is 3.14. The van der Waals surface area contributed by atoms with Crippen LogP contribution < -0.4 is 10.9 Å². The average Bonchev–Trinajstić information content (AvgIpc) is 2.91. The van der Waals surface area contributed by atoms with Gasteiger partial charge in [-0.15, -0.1) is 0 Å². The predicted molar refractivity (Wildman–Crippen MR) is 96.7 cm³/mol. The molecule has 6 nitrogen and oxygen atoms in total. The van der Waals surface area contributed by atoms with Gasteiger partial charge in [-0.2, -0.15) is 5.26 Å². The number of halogens is 1. The van der Waals surface area contributed by atoms with Crippen LogP contribution in [0.2, 0.25) is 5.02 Å². The van der Waals surface area contributed by atoms with Gasteiger partial charge in [0.25, 0.3) is 0 Å². The summed E-state index contributed by atoms with van der Waals surface area (Å²) in [5.41, 5.74) is 8.51. The van der Waals surface area contributed by atoms with Gasteiger partial charge in [0.05, 0.1) is 4.90 Å². The highest BCUT2D eigenvalue weighted by atomic mass is 35.5. The molecule has 3 rings (SSSR count). The van der Waals surface area contributed by atoms with E-state index in [-0.39, 0.29) is 10.7 Å². The summed E-state index contributed by atoms with van der Waals surface area (Å²) in [7, 11) is -3.77. The molecule has 4 N–H and O–H groups in total. The van der Waals surface area contributed by atoms with E-state index in [4.69, 9.17) is 22.5 Å². The van der Waals surface area contributed by atoms with Gasteiger partial charge in [-0.05, 0) is 42.0 Å². The zero-order chi connectivity index (χ0) is 18.2. The van der Waals surface area contributed by atoms with Gasteiger partial charge in [-0.1, -0.05) is 23.7 Å². The number of hydrogen-bond donors (Lipinski definition) is 2. The summed E-state index contributed by atoms with van der Waals surface area (Å²) in [5.74, 6) is 0.260. The highest BCUT2D eigenvalue weighted by Crippen LogP contribution is 2.32. The second-order valence-corrected chi connectivity index (χ2v) is 7.33. The van der Waals surface area contributed by atoms with Crippen LogP contribution in [0.25, 0.3) is 16.8 Å². The van der Waals surface area contributed by atoms with Gasteiger partial charge < -0.3 is 10.3 Å². The van der Waals surface area contributed by atoms with Crippen LogP contribution in [0, 0.1) is 11.3 Å². The molecule has 0 aliphatic carbocycles. The van der Waals surface area contributed by atoms with Gasteiger partial charge in [0.1, 0.15) is 17.5 Å². The molecule has 0 spiro atoms. The van der Waals surface area contributed by atoms with Gasteiger partial charge in [-0.25, -0.2) is 13.6 Å². The molecule has 1 heterocycles. The van der Waals surface area contributed by atoms with E-state index in [1.807, 2.05) is 0 Å². The molecular formula is C17H13ClN4O2S. The normalized spacial score (nSPS) is 11.2. The summed E-state index contributed by atoms with van der Waals surface area (Å²) in [6.45, 7) is 0. The minimum atomic E-state index is -3.77. The van der Waals surface area contributed by atoms with Crippen molar-refractivity contribution in [1.29, 1.82) is 5.26 Å². The Balaban J connectivity index is 2.12.